The Balaban J connectivity index is 2.18. The highest BCUT2D eigenvalue weighted by Gasteiger charge is 2.10. The number of hydrogen-bond acceptors (Lipinski definition) is 4. The maximum absolute atomic E-state index is 11.4. The van der Waals surface area contributed by atoms with Crippen LogP contribution in [0.4, 0.5) is 5.69 Å². The average Bonchev–Trinajstić information content (AvgIpc) is 2.40. The topological polar surface area (TPSA) is 59.1 Å². The molecule has 0 saturated heterocycles. The van der Waals surface area contributed by atoms with E-state index in [-0.39, 0.29) is 6.04 Å². The minimum Gasteiger partial charge on any atom is -0.377 e. The van der Waals surface area contributed by atoms with E-state index in [0.29, 0.717) is 9.92 Å². The van der Waals surface area contributed by atoms with Gasteiger partial charge in [0.05, 0.1) is 15.6 Å². The zero-order valence-electron chi connectivity index (χ0n) is 11.2. The summed E-state index contributed by atoms with van der Waals surface area (Å²) in [6.07, 6.45) is 4.43. The van der Waals surface area contributed by atoms with Crippen LogP contribution >= 0.6 is 11.6 Å². The van der Waals surface area contributed by atoms with Crippen molar-refractivity contribution >= 4 is 27.1 Å². The molecule has 0 spiro atoms. The molecule has 0 bridgehead atoms. The summed E-state index contributed by atoms with van der Waals surface area (Å²) < 4.78 is 22.8. The molecular weight excluding hydrogens is 296 g/mol. The SMILES string of the molecule is CC(Nc1ccncc1Cl)c1ccc(S(C)(=O)=O)cc1. The van der Waals surface area contributed by atoms with Crippen molar-refractivity contribution in [2.75, 3.05) is 11.6 Å². The second-order valence-corrected chi connectivity index (χ2v) is 6.99. The van der Waals surface area contributed by atoms with Crippen molar-refractivity contribution in [3.05, 3.63) is 53.3 Å². The van der Waals surface area contributed by atoms with Crippen molar-refractivity contribution in [1.29, 1.82) is 0 Å². The van der Waals surface area contributed by atoms with E-state index in [0.717, 1.165) is 11.3 Å². The number of benzene rings is 1. The number of anilines is 1. The third-order valence-corrected chi connectivity index (χ3v) is 4.38. The molecule has 2 aromatic rings. The Hall–Kier alpha value is -1.59. The van der Waals surface area contributed by atoms with E-state index in [4.69, 9.17) is 11.6 Å². The smallest absolute Gasteiger partial charge is 0.175 e. The molecule has 106 valence electrons. The number of pyridine rings is 1. The Bertz CT molecular complexity index is 699. The van der Waals surface area contributed by atoms with Gasteiger partial charge in [-0.15, -0.1) is 0 Å². The fourth-order valence-electron chi connectivity index (χ4n) is 1.81. The Morgan fingerprint density at radius 1 is 1.20 bits per heavy atom. The van der Waals surface area contributed by atoms with E-state index in [1.54, 1.807) is 42.7 Å². The minimum atomic E-state index is -3.16. The van der Waals surface area contributed by atoms with Crippen LogP contribution in [0.2, 0.25) is 5.02 Å². The molecule has 1 aromatic heterocycles. The van der Waals surface area contributed by atoms with E-state index < -0.39 is 9.84 Å². The van der Waals surface area contributed by atoms with Gasteiger partial charge in [-0.25, -0.2) is 8.42 Å². The van der Waals surface area contributed by atoms with Gasteiger partial charge in [-0.1, -0.05) is 23.7 Å². The van der Waals surface area contributed by atoms with Gasteiger partial charge < -0.3 is 5.32 Å². The number of rotatable bonds is 4. The van der Waals surface area contributed by atoms with Crippen LogP contribution in [0, 0.1) is 0 Å². The Morgan fingerprint density at radius 3 is 2.40 bits per heavy atom. The molecule has 1 N–H and O–H groups in total. The first-order valence-corrected chi connectivity index (χ1v) is 8.31. The molecule has 20 heavy (non-hydrogen) atoms. The molecule has 1 heterocycles. The van der Waals surface area contributed by atoms with Crippen LogP contribution in [-0.2, 0) is 9.84 Å². The summed E-state index contributed by atoms with van der Waals surface area (Å²) in [6, 6.07) is 8.60. The van der Waals surface area contributed by atoms with Crippen molar-refractivity contribution in [3.63, 3.8) is 0 Å². The fourth-order valence-corrected chi connectivity index (χ4v) is 2.62. The van der Waals surface area contributed by atoms with Crippen LogP contribution in [0.15, 0.2) is 47.6 Å². The largest absolute Gasteiger partial charge is 0.377 e. The molecule has 0 aliphatic rings. The van der Waals surface area contributed by atoms with Crippen LogP contribution in [0.3, 0.4) is 0 Å². The molecule has 2 rings (SSSR count). The molecule has 0 aliphatic carbocycles. The summed E-state index contributed by atoms with van der Waals surface area (Å²) >= 11 is 6.04. The summed E-state index contributed by atoms with van der Waals surface area (Å²) in [5, 5.41) is 3.81. The highest BCUT2D eigenvalue weighted by Crippen LogP contribution is 2.25. The Labute approximate surface area is 123 Å². The molecule has 0 aliphatic heterocycles. The van der Waals surface area contributed by atoms with Crippen LogP contribution in [0.1, 0.15) is 18.5 Å². The second kappa shape index (κ2) is 5.81. The molecule has 1 aromatic carbocycles. The lowest BCUT2D eigenvalue weighted by atomic mass is 10.1. The summed E-state index contributed by atoms with van der Waals surface area (Å²) in [5.74, 6) is 0. The lowest BCUT2D eigenvalue weighted by molar-refractivity contribution is 0.602. The predicted octanol–water partition coefficient (Wildman–Crippen LogP) is 3.31. The molecule has 0 fully saturated rings. The van der Waals surface area contributed by atoms with Crippen LogP contribution < -0.4 is 5.32 Å². The van der Waals surface area contributed by atoms with Crippen molar-refractivity contribution < 1.29 is 8.42 Å². The first-order valence-electron chi connectivity index (χ1n) is 6.04. The molecule has 6 heteroatoms. The number of nitrogens with zero attached hydrogens (tertiary/aromatic N) is 1. The highest BCUT2D eigenvalue weighted by atomic mass is 35.5. The summed E-state index contributed by atoms with van der Waals surface area (Å²) in [4.78, 5) is 4.24. The van der Waals surface area contributed by atoms with Gasteiger partial charge in [0.25, 0.3) is 0 Å². The van der Waals surface area contributed by atoms with Gasteiger partial charge in [-0.05, 0) is 30.7 Å². The summed E-state index contributed by atoms with van der Waals surface area (Å²) in [5.41, 5.74) is 1.77. The van der Waals surface area contributed by atoms with Crippen molar-refractivity contribution in [2.45, 2.75) is 17.9 Å². The number of nitrogens with one attached hydrogen (secondary N) is 1. The monoisotopic (exact) mass is 310 g/mol. The standard InChI is InChI=1S/C14H15ClN2O2S/c1-10(17-14-7-8-16-9-13(14)15)11-3-5-12(6-4-11)20(2,18)19/h3-10H,1-2H3,(H,16,17). The van der Waals surface area contributed by atoms with Crippen molar-refractivity contribution in [1.82, 2.24) is 4.98 Å². The van der Waals surface area contributed by atoms with Crippen LogP contribution in [0.5, 0.6) is 0 Å². The normalized spacial score (nSPS) is 12.9. The molecule has 0 radical (unpaired) electrons. The minimum absolute atomic E-state index is 0.00325. The van der Waals surface area contributed by atoms with E-state index in [2.05, 4.69) is 10.3 Å². The number of halogens is 1. The van der Waals surface area contributed by atoms with Gasteiger partial charge in [0.2, 0.25) is 0 Å². The number of sulfone groups is 1. The van der Waals surface area contributed by atoms with Gasteiger partial charge in [0.15, 0.2) is 9.84 Å². The van der Waals surface area contributed by atoms with Gasteiger partial charge in [0, 0.05) is 24.7 Å². The third-order valence-electron chi connectivity index (χ3n) is 2.95. The van der Waals surface area contributed by atoms with E-state index in [1.165, 1.54) is 6.26 Å². The number of hydrogen-bond donors (Lipinski definition) is 1. The van der Waals surface area contributed by atoms with Gasteiger partial charge >= 0.3 is 0 Å². The summed E-state index contributed by atoms with van der Waals surface area (Å²) in [6.45, 7) is 1.98. The Morgan fingerprint density at radius 2 is 1.85 bits per heavy atom. The molecule has 0 amide bonds. The zero-order chi connectivity index (χ0) is 14.8. The predicted molar refractivity (Wildman–Crippen MR) is 80.8 cm³/mol. The van der Waals surface area contributed by atoms with Gasteiger partial charge in [-0.3, -0.25) is 4.98 Å². The van der Waals surface area contributed by atoms with E-state index in [9.17, 15) is 8.42 Å². The quantitative estimate of drug-likeness (QED) is 0.941. The van der Waals surface area contributed by atoms with Crippen molar-refractivity contribution in [2.24, 2.45) is 0 Å². The number of aromatic nitrogens is 1. The molecule has 1 atom stereocenters. The Kier molecular flexibility index (Phi) is 4.30. The maximum atomic E-state index is 11.4. The lowest BCUT2D eigenvalue weighted by Crippen LogP contribution is -2.07. The van der Waals surface area contributed by atoms with E-state index in [1.807, 2.05) is 6.92 Å². The van der Waals surface area contributed by atoms with Gasteiger partial charge in [0.1, 0.15) is 0 Å². The zero-order valence-corrected chi connectivity index (χ0v) is 12.7. The third kappa shape index (κ3) is 3.49. The van der Waals surface area contributed by atoms with Crippen LogP contribution in [0.25, 0.3) is 0 Å². The first kappa shape index (κ1) is 14.8. The molecule has 4 nitrogen and oxygen atoms in total. The highest BCUT2D eigenvalue weighted by molar-refractivity contribution is 7.90. The molecular formula is C14H15ClN2O2S. The van der Waals surface area contributed by atoms with Crippen molar-refractivity contribution in [3.8, 4) is 0 Å². The fraction of sp³-hybridized carbons (Fsp3) is 0.214. The van der Waals surface area contributed by atoms with Gasteiger partial charge in [-0.2, -0.15) is 0 Å². The van der Waals surface area contributed by atoms with E-state index >= 15 is 0 Å². The average molecular weight is 311 g/mol. The maximum Gasteiger partial charge on any atom is 0.175 e. The molecule has 0 saturated carbocycles. The second-order valence-electron chi connectivity index (χ2n) is 4.56. The lowest BCUT2D eigenvalue weighted by Gasteiger charge is -2.16. The van der Waals surface area contributed by atoms with Crippen LogP contribution in [-0.4, -0.2) is 19.7 Å². The molecule has 1 unspecified atom stereocenters. The summed E-state index contributed by atoms with van der Waals surface area (Å²) in [7, 11) is -3.16. The first-order chi connectivity index (χ1) is 9.38.